The van der Waals surface area contributed by atoms with E-state index in [0.717, 1.165) is 17.7 Å². The molecule has 0 heterocycles. The number of hydrogen-bond donors (Lipinski definition) is 2. The normalized spacial score (nSPS) is 11.0. The highest BCUT2D eigenvalue weighted by atomic mass is 35.5. The van der Waals surface area contributed by atoms with Crippen molar-refractivity contribution in [2.24, 2.45) is 0 Å². The molecule has 0 saturated carbocycles. The summed E-state index contributed by atoms with van der Waals surface area (Å²) < 4.78 is 38.0. The van der Waals surface area contributed by atoms with E-state index in [4.69, 9.17) is 11.6 Å². The maximum atomic E-state index is 12.7. The molecule has 126 valence electrons. The molecule has 0 aliphatic rings. The average molecular weight is 357 g/mol. The highest BCUT2D eigenvalue weighted by Crippen LogP contribution is 2.33. The zero-order chi connectivity index (χ0) is 17.9. The van der Waals surface area contributed by atoms with E-state index in [2.05, 4.69) is 10.6 Å². The summed E-state index contributed by atoms with van der Waals surface area (Å²) >= 11 is 5.76. The lowest BCUT2D eigenvalue weighted by Gasteiger charge is -2.11. The lowest BCUT2D eigenvalue weighted by atomic mass is 10.2. The van der Waals surface area contributed by atoms with E-state index in [-0.39, 0.29) is 10.7 Å². The summed E-state index contributed by atoms with van der Waals surface area (Å²) in [6.45, 7) is 1.86. The second-order valence-electron chi connectivity index (χ2n) is 4.97. The monoisotopic (exact) mass is 356 g/mol. The Morgan fingerprint density at radius 1 is 0.958 bits per heavy atom. The Bertz CT molecular complexity index is 774. The van der Waals surface area contributed by atoms with Gasteiger partial charge in [-0.3, -0.25) is 9.59 Å². The van der Waals surface area contributed by atoms with Gasteiger partial charge in [0.1, 0.15) is 0 Å². The summed E-state index contributed by atoms with van der Waals surface area (Å²) in [5.74, 6) is -2.15. The summed E-state index contributed by atoms with van der Waals surface area (Å²) in [7, 11) is 0. The number of amides is 2. The van der Waals surface area contributed by atoms with Gasteiger partial charge in [-0.05, 0) is 37.3 Å². The highest BCUT2D eigenvalue weighted by Gasteiger charge is 2.31. The number of carbonyl (C=O) groups excluding carboxylic acids is 2. The second-order valence-corrected chi connectivity index (χ2v) is 5.37. The Kier molecular flexibility index (Phi) is 5.14. The maximum Gasteiger partial charge on any atom is 0.416 e. The largest absolute Gasteiger partial charge is 0.416 e. The van der Waals surface area contributed by atoms with Crippen LogP contribution in [0.1, 0.15) is 11.1 Å². The van der Waals surface area contributed by atoms with Crippen LogP contribution in [0.4, 0.5) is 24.5 Å². The van der Waals surface area contributed by atoms with Crippen molar-refractivity contribution < 1.29 is 22.8 Å². The van der Waals surface area contributed by atoms with Gasteiger partial charge in [0.05, 0.1) is 16.3 Å². The molecule has 2 aromatic carbocycles. The van der Waals surface area contributed by atoms with E-state index in [1.54, 1.807) is 24.3 Å². The SMILES string of the molecule is Cc1ccc(NC(=O)C(=O)Nc2cc(C(F)(F)F)ccc2Cl)cc1. The molecule has 0 aliphatic carbocycles. The number of rotatable bonds is 2. The number of carbonyl (C=O) groups is 2. The van der Waals surface area contributed by atoms with E-state index in [9.17, 15) is 22.8 Å². The maximum absolute atomic E-state index is 12.7. The fraction of sp³-hybridized carbons (Fsp3) is 0.125. The van der Waals surface area contributed by atoms with Crippen molar-refractivity contribution in [2.75, 3.05) is 10.6 Å². The zero-order valence-corrected chi connectivity index (χ0v) is 13.1. The summed E-state index contributed by atoms with van der Waals surface area (Å²) in [6.07, 6.45) is -4.59. The number of hydrogen-bond acceptors (Lipinski definition) is 2. The minimum absolute atomic E-state index is 0.112. The molecule has 2 rings (SSSR count). The Morgan fingerprint density at radius 2 is 1.54 bits per heavy atom. The summed E-state index contributed by atoms with van der Waals surface area (Å²) in [6, 6.07) is 9.10. The highest BCUT2D eigenvalue weighted by molar-refractivity contribution is 6.44. The van der Waals surface area contributed by atoms with Gasteiger partial charge >= 0.3 is 18.0 Å². The van der Waals surface area contributed by atoms with Crippen molar-refractivity contribution in [2.45, 2.75) is 13.1 Å². The first kappa shape index (κ1) is 17.8. The van der Waals surface area contributed by atoms with Crippen molar-refractivity contribution in [1.29, 1.82) is 0 Å². The molecule has 0 saturated heterocycles. The fourth-order valence-corrected chi connectivity index (χ4v) is 1.97. The van der Waals surface area contributed by atoms with Crippen molar-refractivity contribution in [3.05, 3.63) is 58.6 Å². The Balaban J connectivity index is 2.11. The van der Waals surface area contributed by atoms with Gasteiger partial charge in [-0.2, -0.15) is 13.2 Å². The van der Waals surface area contributed by atoms with Crippen LogP contribution in [0.5, 0.6) is 0 Å². The molecule has 0 aromatic heterocycles. The van der Waals surface area contributed by atoms with E-state index in [1.807, 2.05) is 6.92 Å². The van der Waals surface area contributed by atoms with Crippen molar-refractivity contribution in [3.63, 3.8) is 0 Å². The third kappa shape index (κ3) is 4.48. The standard InChI is InChI=1S/C16H12ClF3N2O2/c1-9-2-5-11(6-3-9)21-14(23)15(24)22-13-8-10(16(18,19)20)4-7-12(13)17/h2-8H,1H3,(H,21,23)(H,22,24). The molecule has 2 amide bonds. The third-order valence-corrected chi connectivity index (χ3v) is 3.39. The van der Waals surface area contributed by atoms with E-state index in [0.29, 0.717) is 11.8 Å². The zero-order valence-electron chi connectivity index (χ0n) is 12.4. The van der Waals surface area contributed by atoms with Gasteiger partial charge in [-0.25, -0.2) is 0 Å². The molecule has 0 unspecified atom stereocenters. The van der Waals surface area contributed by atoms with Crippen LogP contribution in [0.3, 0.4) is 0 Å². The molecule has 2 aromatic rings. The predicted octanol–water partition coefficient (Wildman–Crippen LogP) is 4.24. The topological polar surface area (TPSA) is 58.2 Å². The summed E-state index contributed by atoms with van der Waals surface area (Å²) in [5.41, 5.74) is 0.0702. The molecular formula is C16H12ClF3N2O2. The molecule has 24 heavy (non-hydrogen) atoms. The molecular weight excluding hydrogens is 345 g/mol. The Labute approximate surface area is 140 Å². The number of benzene rings is 2. The van der Waals surface area contributed by atoms with Crippen LogP contribution in [0, 0.1) is 6.92 Å². The first-order valence-electron chi connectivity index (χ1n) is 6.72. The molecule has 0 bridgehead atoms. The van der Waals surface area contributed by atoms with Crippen molar-refractivity contribution in [1.82, 2.24) is 0 Å². The smallest absolute Gasteiger partial charge is 0.318 e. The Hall–Kier alpha value is -2.54. The minimum atomic E-state index is -4.59. The number of nitrogens with one attached hydrogen (secondary N) is 2. The molecule has 0 atom stereocenters. The molecule has 0 fully saturated rings. The lowest BCUT2D eigenvalue weighted by molar-refractivity contribution is -0.137. The number of aryl methyl sites for hydroxylation is 1. The molecule has 0 spiro atoms. The first-order chi connectivity index (χ1) is 11.2. The second kappa shape index (κ2) is 6.92. The van der Waals surface area contributed by atoms with Gasteiger partial charge < -0.3 is 10.6 Å². The molecule has 0 aliphatic heterocycles. The van der Waals surface area contributed by atoms with E-state index >= 15 is 0 Å². The van der Waals surface area contributed by atoms with Gasteiger partial charge in [0, 0.05) is 5.69 Å². The van der Waals surface area contributed by atoms with Crippen LogP contribution in [0.15, 0.2) is 42.5 Å². The van der Waals surface area contributed by atoms with Gasteiger partial charge in [0.25, 0.3) is 0 Å². The van der Waals surface area contributed by atoms with Gasteiger partial charge in [0.15, 0.2) is 0 Å². The van der Waals surface area contributed by atoms with E-state index < -0.39 is 23.6 Å². The Morgan fingerprint density at radius 3 is 2.12 bits per heavy atom. The molecule has 4 nitrogen and oxygen atoms in total. The predicted molar refractivity (Wildman–Crippen MR) is 84.9 cm³/mol. The lowest BCUT2D eigenvalue weighted by Crippen LogP contribution is -2.29. The molecule has 0 radical (unpaired) electrons. The number of anilines is 2. The van der Waals surface area contributed by atoms with Gasteiger partial charge in [0.2, 0.25) is 0 Å². The van der Waals surface area contributed by atoms with Crippen LogP contribution in [0.25, 0.3) is 0 Å². The van der Waals surface area contributed by atoms with Crippen LogP contribution >= 0.6 is 11.6 Å². The van der Waals surface area contributed by atoms with Crippen molar-refractivity contribution in [3.8, 4) is 0 Å². The van der Waals surface area contributed by atoms with Crippen LogP contribution in [-0.2, 0) is 15.8 Å². The third-order valence-electron chi connectivity index (χ3n) is 3.06. The summed E-state index contributed by atoms with van der Waals surface area (Å²) in [4.78, 5) is 23.6. The first-order valence-corrected chi connectivity index (χ1v) is 7.10. The molecule has 8 heteroatoms. The minimum Gasteiger partial charge on any atom is -0.318 e. The van der Waals surface area contributed by atoms with Gasteiger partial charge in [-0.1, -0.05) is 29.3 Å². The van der Waals surface area contributed by atoms with Gasteiger partial charge in [-0.15, -0.1) is 0 Å². The van der Waals surface area contributed by atoms with E-state index in [1.165, 1.54) is 0 Å². The quantitative estimate of drug-likeness (QED) is 0.790. The fourth-order valence-electron chi connectivity index (χ4n) is 1.80. The number of halogens is 4. The van der Waals surface area contributed by atoms with Crippen LogP contribution < -0.4 is 10.6 Å². The van der Waals surface area contributed by atoms with Crippen molar-refractivity contribution >= 4 is 34.8 Å². The van der Waals surface area contributed by atoms with Crippen LogP contribution in [0.2, 0.25) is 5.02 Å². The molecule has 2 N–H and O–H groups in total. The average Bonchev–Trinajstić information content (AvgIpc) is 2.50. The summed E-state index contributed by atoms with van der Waals surface area (Å²) in [5, 5.41) is 4.30. The van der Waals surface area contributed by atoms with Crippen LogP contribution in [-0.4, -0.2) is 11.8 Å². The number of alkyl halides is 3.